The molecule has 104 valence electrons. The molecule has 2 N–H and O–H groups in total. The van der Waals surface area contributed by atoms with E-state index in [1.807, 2.05) is 38.1 Å². The van der Waals surface area contributed by atoms with Gasteiger partial charge in [-0.25, -0.2) is 0 Å². The number of nitrogens with one attached hydrogen (secondary N) is 2. The van der Waals surface area contributed by atoms with Crippen LogP contribution in [0.4, 0.5) is 5.82 Å². The van der Waals surface area contributed by atoms with Crippen LogP contribution in [-0.4, -0.2) is 22.7 Å². The Balaban J connectivity index is 1.84. The predicted octanol–water partition coefficient (Wildman–Crippen LogP) is 2.53. The maximum atomic E-state index is 12.5. The van der Waals surface area contributed by atoms with E-state index in [1.165, 1.54) is 0 Å². The van der Waals surface area contributed by atoms with Gasteiger partial charge in [0.15, 0.2) is 5.82 Å². The number of rotatable bonds is 2. The lowest BCUT2D eigenvalue weighted by Gasteiger charge is -2.24. The molecule has 0 aliphatic carbocycles. The number of nitrogens with zero attached hydrogens (tertiary/aromatic N) is 1. The van der Waals surface area contributed by atoms with Crippen LogP contribution in [0, 0.1) is 13.8 Å². The van der Waals surface area contributed by atoms with E-state index < -0.39 is 0 Å². The zero-order valence-corrected chi connectivity index (χ0v) is 11.6. The summed E-state index contributed by atoms with van der Waals surface area (Å²) in [6.07, 6.45) is 0.686. The number of para-hydroxylation sites is 1. The normalized spacial score (nSPS) is 17.2. The Bertz CT molecular complexity index is 648. The third kappa shape index (κ3) is 2.15. The Hall–Kier alpha value is -2.30. The number of aromatic amines is 1. The van der Waals surface area contributed by atoms with Crippen molar-refractivity contribution >= 4 is 11.7 Å². The minimum atomic E-state index is -0.184. The first-order valence-corrected chi connectivity index (χ1v) is 6.71. The summed E-state index contributed by atoms with van der Waals surface area (Å²) >= 11 is 0. The van der Waals surface area contributed by atoms with Crippen molar-refractivity contribution in [3.05, 3.63) is 41.1 Å². The predicted molar refractivity (Wildman–Crippen MR) is 76.0 cm³/mol. The largest absolute Gasteiger partial charge is 0.493 e. The molecule has 3 rings (SSSR count). The summed E-state index contributed by atoms with van der Waals surface area (Å²) in [5.41, 5.74) is 2.88. The molecule has 5 nitrogen and oxygen atoms in total. The van der Waals surface area contributed by atoms with Crippen LogP contribution in [0.5, 0.6) is 5.75 Å². The first kappa shape index (κ1) is 12.7. The highest BCUT2D eigenvalue weighted by molar-refractivity contribution is 5.96. The van der Waals surface area contributed by atoms with Crippen LogP contribution < -0.4 is 10.1 Å². The summed E-state index contributed by atoms with van der Waals surface area (Å²) < 4.78 is 5.58. The molecule has 20 heavy (non-hydrogen) atoms. The van der Waals surface area contributed by atoms with Crippen molar-refractivity contribution in [2.24, 2.45) is 0 Å². The van der Waals surface area contributed by atoms with E-state index in [9.17, 15) is 4.79 Å². The molecule has 1 aliphatic heterocycles. The molecule has 2 heterocycles. The van der Waals surface area contributed by atoms with Crippen molar-refractivity contribution in [2.75, 3.05) is 11.9 Å². The van der Waals surface area contributed by atoms with Gasteiger partial charge in [0.2, 0.25) is 5.91 Å². The van der Waals surface area contributed by atoms with Gasteiger partial charge >= 0.3 is 0 Å². The average molecular weight is 271 g/mol. The Kier molecular flexibility index (Phi) is 3.18. The van der Waals surface area contributed by atoms with Crippen LogP contribution in [0.3, 0.4) is 0 Å². The highest BCUT2D eigenvalue weighted by Crippen LogP contribution is 2.34. The quantitative estimate of drug-likeness (QED) is 0.882. The molecule has 5 heteroatoms. The molecule has 1 aliphatic rings. The van der Waals surface area contributed by atoms with E-state index in [0.29, 0.717) is 18.8 Å². The van der Waals surface area contributed by atoms with E-state index >= 15 is 0 Å². The molecule has 0 spiro atoms. The van der Waals surface area contributed by atoms with Gasteiger partial charge in [0, 0.05) is 16.8 Å². The second-order valence-electron chi connectivity index (χ2n) is 5.04. The van der Waals surface area contributed by atoms with Crippen molar-refractivity contribution in [1.29, 1.82) is 0 Å². The van der Waals surface area contributed by atoms with Gasteiger partial charge in [0.1, 0.15) is 5.75 Å². The molecule has 0 bridgehead atoms. The molecular formula is C15H17N3O2. The van der Waals surface area contributed by atoms with Crippen LogP contribution in [0.15, 0.2) is 24.3 Å². The van der Waals surface area contributed by atoms with E-state index in [0.717, 1.165) is 22.6 Å². The van der Waals surface area contributed by atoms with Crippen LogP contribution in [0.25, 0.3) is 0 Å². The van der Waals surface area contributed by atoms with Gasteiger partial charge in [-0.15, -0.1) is 0 Å². The standard InChI is InChI=1S/C15H17N3O2/c1-9-10(2)17-18-14(9)16-15(19)12-7-8-20-13-6-4-3-5-11(12)13/h3-6,12H,7-8H2,1-2H3,(H2,16,17,18,19). The SMILES string of the molecule is Cc1[nH]nc(NC(=O)C2CCOc3ccccc32)c1C. The summed E-state index contributed by atoms with van der Waals surface area (Å²) in [7, 11) is 0. The lowest BCUT2D eigenvalue weighted by atomic mass is 9.92. The fourth-order valence-electron chi connectivity index (χ4n) is 2.42. The molecule has 0 saturated heterocycles. The van der Waals surface area contributed by atoms with Gasteiger partial charge in [0.25, 0.3) is 0 Å². The van der Waals surface area contributed by atoms with Crippen molar-refractivity contribution in [1.82, 2.24) is 10.2 Å². The number of amides is 1. The number of aromatic nitrogens is 2. The fourth-order valence-corrected chi connectivity index (χ4v) is 2.42. The molecule has 1 aromatic carbocycles. The van der Waals surface area contributed by atoms with Crippen LogP contribution in [0.1, 0.15) is 29.2 Å². The molecule has 2 aromatic rings. The molecule has 0 radical (unpaired) electrons. The third-order valence-electron chi connectivity index (χ3n) is 3.77. The summed E-state index contributed by atoms with van der Waals surface area (Å²) in [5, 5.41) is 9.90. The topological polar surface area (TPSA) is 67.0 Å². The van der Waals surface area contributed by atoms with Gasteiger partial charge in [-0.05, 0) is 26.3 Å². The zero-order valence-electron chi connectivity index (χ0n) is 11.6. The van der Waals surface area contributed by atoms with Crippen molar-refractivity contribution < 1.29 is 9.53 Å². The second-order valence-corrected chi connectivity index (χ2v) is 5.04. The lowest BCUT2D eigenvalue weighted by Crippen LogP contribution is -2.26. The Morgan fingerprint density at radius 2 is 2.20 bits per heavy atom. The zero-order chi connectivity index (χ0) is 14.1. The number of benzene rings is 1. The van der Waals surface area contributed by atoms with Gasteiger partial charge in [-0.1, -0.05) is 18.2 Å². The second kappa shape index (κ2) is 5.00. The van der Waals surface area contributed by atoms with E-state index in [4.69, 9.17) is 4.74 Å². The highest BCUT2D eigenvalue weighted by atomic mass is 16.5. The third-order valence-corrected chi connectivity index (χ3v) is 3.77. The first-order chi connectivity index (χ1) is 9.66. The minimum Gasteiger partial charge on any atom is -0.493 e. The number of hydrogen-bond donors (Lipinski definition) is 2. The highest BCUT2D eigenvalue weighted by Gasteiger charge is 2.28. The number of carbonyl (C=O) groups excluding carboxylic acids is 1. The summed E-state index contributed by atoms with van der Waals surface area (Å²) in [6, 6.07) is 7.69. The average Bonchev–Trinajstić information content (AvgIpc) is 2.78. The molecule has 1 unspecified atom stereocenters. The van der Waals surface area contributed by atoms with Crippen molar-refractivity contribution in [3.8, 4) is 5.75 Å². The first-order valence-electron chi connectivity index (χ1n) is 6.71. The lowest BCUT2D eigenvalue weighted by molar-refractivity contribution is -0.118. The maximum Gasteiger partial charge on any atom is 0.233 e. The van der Waals surface area contributed by atoms with Gasteiger partial charge in [-0.2, -0.15) is 5.10 Å². The van der Waals surface area contributed by atoms with Crippen LogP contribution in [-0.2, 0) is 4.79 Å². The van der Waals surface area contributed by atoms with Crippen molar-refractivity contribution in [3.63, 3.8) is 0 Å². The van der Waals surface area contributed by atoms with Crippen LogP contribution >= 0.6 is 0 Å². The van der Waals surface area contributed by atoms with E-state index in [1.54, 1.807) is 0 Å². The van der Waals surface area contributed by atoms with Gasteiger partial charge < -0.3 is 10.1 Å². The molecular weight excluding hydrogens is 254 g/mol. The Morgan fingerprint density at radius 1 is 1.40 bits per heavy atom. The summed E-state index contributed by atoms with van der Waals surface area (Å²) in [5.74, 6) is 1.19. The van der Waals surface area contributed by atoms with E-state index in [-0.39, 0.29) is 11.8 Å². The number of ether oxygens (including phenoxy) is 1. The summed E-state index contributed by atoms with van der Waals surface area (Å²) in [4.78, 5) is 12.5. The van der Waals surface area contributed by atoms with E-state index in [2.05, 4.69) is 15.5 Å². The number of anilines is 1. The number of carbonyl (C=O) groups is 1. The Morgan fingerprint density at radius 3 is 2.95 bits per heavy atom. The van der Waals surface area contributed by atoms with Gasteiger partial charge in [0.05, 0.1) is 12.5 Å². The summed E-state index contributed by atoms with van der Waals surface area (Å²) in [6.45, 7) is 4.43. The Labute approximate surface area is 117 Å². The minimum absolute atomic E-state index is 0.0321. The fraction of sp³-hybridized carbons (Fsp3) is 0.333. The number of H-pyrrole nitrogens is 1. The smallest absolute Gasteiger partial charge is 0.233 e. The number of fused-ring (bicyclic) bond motifs is 1. The molecule has 1 atom stereocenters. The van der Waals surface area contributed by atoms with Gasteiger partial charge in [-0.3, -0.25) is 9.89 Å². The van der Waals surface area contributed by atoms with Crippen molar-refractivity contribution in [2.45, 2.75) is 26.2 Å². The monoisotopic (exact) mass is 271 g/mol. The molecule has 1 aromatic heterocycles. The molecule has 0 fully saturated rings. The molecule has 0 saturated carbocycles. The number of hydrogen-bond acceptors (Lipinski definition) is 3. The molecule has 1 amide bonds. The number of aryl methyl sites for hydroxylation is 1. The maximum absolute atomic E-state index is 12.5. The van der Waals surface area contributed by atoms with Crippen LogP contribution in [0.2, 0.25) is 0 Å².